The van der Waals surface area contributed by atoms with E-state index in [1.54, 1.807) is 18.4 Å². The highest BCUT2D eigenvalue weighted by Crippen LogP contribution is 2.44. The largest absolute Gasteiger partial charge is 0.500 e. The Hall–Kier alpha value is -1.66. The van der Waals surface area contributed by atoms with Crippen molar-refractivity contribution in [2.24, 2.45) is 11.8 Å². The number of ether oxygens (including phenoxy) is 2. The molecule has 0 saturated carbocycles. The van der Waals surface area contributed by atoms with Crippen LogP contribution in [0.4, 0.5) is 0 Å². The van der Waals surface area contributed by atoms with Gasteiger partial charge in [-0.05, 0) is 49.4 Å². The van der Waals surface area contributed by atoms with Crippen molar-refractivity contribution in [1.82, 2.24) is 0 Å². The van der Waals surface area contributed by atoms with Crippen molar-refractivity contribution in [3.05, 3.63) is 51.6 Å². The molecular weight excluding hydrogens is 408 g/mol. The number of halogens is 1. The van der Waals surface area contributed by atoms with Crippen LogP contribution in [0.2, 0.25) is 5.02 Å². The van der Waals surface area contributed by atoms with Gasteiger partial charge in [-0.1, -0.05) is 23.7 Å². The Balaban J connectivity index is 1.63. The van der Waals surface area contributed by atoms with Crippen LogP contribution < -0.4 is 0 Å². The summed E-state index contributed by atoms with van der Waals surface area (Å²) in [5.41, 5.74) is 2.60. The molecule has 29 heavy (non-hydrogen) atoms. The molecule has 4 rings (SSSR count). The average molecular weight is 433 g/mol. The van der Waals surface area contributed by atoms with E-state index in [0.29, 0.717) is 36.0 Å². The number of carbonyl (C=O) groups is 1. The number of carbonyl (C=O) groups excluding carboxylic acids is 1. The van der Waals surface area contributed by atoms with E-state index in [9.17, 15) is 9.90 Å². The molecule has 1 fully saturated rings. The van der Waals surface area contributed by atoms with Crippen LogP contribution in [0.3, 0.4) is 0 Å². The quantitative estimate of drug-likeness (QED) is 0.713. The van der Waals surface area contributed by atoms with E-state index in [1.165, 1.54) is 0 Å². The van der Waals surface area contributed by atoms with E-state index in [2.05, 4.69) is 6.07 Å². The van der Waals surface area contributed by atoms with Gasteiger partial charge in [0.2, 0.25) is 0 Å². The molecule has 1 saturated heterocycles. The first kappa shape index (κ1) is 20.6. The van der Waals surface area contributed by atoms with Crippen molar-refractivity contribution in [2.75, 3.05) is 20.3 Å². The van der Waals surface area contributed by atoms with Gasteiger partial charge in [0.1, 0.15) is 5.76 Å². The Morgan fingerprint density at radius 1 is 1.24 bits per heavy atom. The Bertz CT molecular complexity index is 925. The summed E-state index contributed by atoms with van der Waals surface area (Å²) in [6, 6.07) is 9.76. The van der Waals surface area contributed by atoms with Gasteiger partial charge in [0, 0.05) is 40.0 Å². The first-order chi connectivity index (χ1) is 14.0. The van der Waals surface area contributed by atoms with Crippen molar-refractivity contribution in [2.45, 2.75) is 32.3 Å². The number of benzene rings is 1. The van der Waals surface area contributed by atoms with Gasteiger partial charge in [-0.25, -0.2) is 0 Å². The van der Waals surface area contributed by atoms with Gasteiger partial charge in [-0.15, -0.1) is 11.3 Å². The van der Waals surface area contributed by atoms with Crippen molar-refractivity contribution >= 4 is 34.3 Å². The normalized spacial score (nSPS) is 21.7. The summed E-state index contributed by atoms with van der Waals surface area (Å²) in [7, 11) is 1.60. The number of methoxy groups -OCH3 is 1. The van der Waals surface area contributed by atoms with E-state index < -0.39 is 12.0 Å². The first-order valence-electron chi connectivity index (χ1n) is 9.93. The Morgan fingerprint density at radius 2 is 1.93 bits per heavy atom. The van der Waals surface area contributed by atoms with Gasteiger partial charge in [-0.3, -0.25) is 4.79 Å². The average Bonchev–Trinajstić information content (AvgIpc) is 3.28. The fraction of sp³-hybridized carbons (Fsp3) is 0.435. The maximum Gasteiger partial charge on any atom is 0.173 e. The lowest BCUT2D eigenvalue weighted by Crippen LogP contribution is -2.35. The predicted molar refractivity (Wildman–Crippen MR) is 116 cm³/mol. The van der Waals surface area contributed by atoms with Crippen LogP contribution in [0.1, 0.15) is 29.7 Å². The summed E-state index contributed by atoms with van der Waals surface area (Å²) in [6.07, 6.45) is 1.37. The number of allylic oxidation sites excluding steroid dienone is 2. The molecule has 0 radical (unpaired) electrons. The van der Waals surface area contributed by atoms with Gasteiger partial charge in [0.05, 0.1) is 24.7 Å². The molecular formula is C23H25ClO4S. The predicted octanol–water partition coefficient (Wildman–Crippen LogP) is 5.11. The molecule has 0 bridgehead atoms. The molecule has 1 aliphatic carbocycles. The highest BCUT2D eigenvalue weighted by molar-refractivity contribution is 7.15. The fourth-order valence-electron chi connectivity index (χ4n) is 4.33. The number of Topliss-reactive ketones (excluding diaryl/α,β-unsaturated/α-hetero) is 1. The topological polar surface area (TPSA) is 55.8 Å². The lowest BCUT2D eigenvalue weighted by Gasteiger charge is -2.29. The highest BCUT2D eigenvalue weighted by atomic mass is 35.5. The number of aryl methyl sites for hydroxylation is 1. The SMILES string of the molecule is COC1=C(c2cc(-c3ccc(Cl)cc3)sc2C)C(=O)C(C(O)C2CCOCC2)C1. The maximum atomic E-state index is 13.4. The molecule has 4 nitrogen and oxygen atoms in total. The third-order valence-electron chi connectivity index (χ3n) is 5.99. The number of aliphatic hydroxyl groups excluding tert-OH is 1. The molecule has 2 unspecified atom stereocenters. The second-order valence-electron chi connectivity index (χ2n) is 7.70. The van der Waals surface area contributed by atoms with E-state index in [-0.39, 0.29) is 11.7 Å². The van der Waals surface area contributed by atoms with Gasteiger partial charge in [-0.2, -0.15) is 0 Å². The molecule has 1 aromatic carbocycles. The smallest absolute Gasteiger partial charge is 0.173 e. The van der Waals surface area contributed by atoms with Crippen LogP contribution in [0, 0.1) is 18.8 Å². The lowest BCUT2D eigenvalue weighted by atomic mass is 9.83. The van der Waals surface area contributed by atoms with E-state index >= 15 is 0 Å². The van der Waals surface area contributed by atoms with Gasteiger partial charge >= 0.3 is 0 Å². The molecule has 2 atom stereocenters. The molecule has 2 aliphatic rings. The van der Waals surface area contributed by atoms with Crippen LogP contribution in [0.5, 0.6) is 0 Å². The minimum absolute atomic E-state index is 0.00982. The summed E-state index contributed by atoms with van der Waals surface area (Å²) in [6.45, 7) is 3.32. The van der Waals surface area contributed by atoms with E-state index in [4.69, 9.17) is 21.1 Å². The summed E-state index contributed by atoms with van der Waals surface area (Å²) >= 11 is 7.66. The Morgan fingerprint density at radius 3 is 2.59 bits per heavy atom. The zero-order valence-corrected chi connectivity index (χ0v) is 18.2. The fourth-order valence-corrected chi connectivity index (χ4v) is 5.49. The number of hydrogen-bond acceptors (Lipinski definition) is 5. The number of hydrogen-bond donors (Lipinski definition) is 1. The second-order valence-corrected chi connectivity index (χ2v) is 9.40. The zero-order valence-electron chi connectivity index (χ0n) is 16.6. The van der Waals surface area contributed by atoms with Crippen LogP contribution in [-0.4, -0.2) is 37.3 Å². The third-order valence-corrected chi connectivity index (χ3v) is 7.34. The van der Waals surface area contributed by atoms with Crippen LogP contribution in [0.15, 0.2) is 36.1 Å². The molecule has 1 aromatic heterocycles. The van der Waals surface area contributed by atoms with Gasteiger partial charge < -0.3 is 14.6 Å². The zero-order chi connectivity index (χ0) is 20.5. The molecule has 1 N–H and O–H groups in total. The minimum Gasteiger partial charge on any atom is -0.500 e. The molecule has 0 spiro atoms. The molecule has 6 heteroatoms. The number of rotatable bonds is 5. The summed E-state index contributed by atoms with van der Waals surface area (Å²) in [5, 5.41) is 11.6. The standard InChI is InChI=1S/C23H25ClO4S/c1-13-17(12-20(29-13)14-3-5-16(24)6-4-14)21-19(27-2)11-18(23(21)26)22(25)15-7-9-28-10-8-15/h3-6,12,15,18,22,25H,7-11H2,1-2H3. The molecule has 2 heterocycles. The second kappa shape index (κ2) is 8.60. The lowest BCUT2D eigenvalue weighted by molar-refractivity contribution is -0.122. The monoisotopic (exact) mass is 432 g/mol. The highest BCUT2D eigenvalue weighted by Gasteiger charge is 2.42. The van der Waals surface area contributed by atoms with E-state index in [0.717, 1.165) is 33.7 Å². The van der Waals surface area contributed by atoms with Crippen LogP contribution >= 0.6 is 22.9 Å². The number of ketones is 1. The molecule has 0 amide bonds. The van der Waals surface area contributed by atoms with Crippen LogP contribution in [-0.2, 0) is 14.3 Å². The van der Waals surface area contributed by atoms with Crippen molar-refractivity contribution in [1.29, 1.82) is 0 Å². The van der Waals surface area contributed by atoms with Crippen molar-refractivity contribution < 1.29 is 19.4 Å². The third kappa shape index (κ3) is 4.02. The first-order valence-corrected chi connectivity index (χ1v) is 11.1. The summed E-state index contributed by atoms with van der Waals surface area (Å²) in [5.74, 6) is 0.323. The van der Waals surface area contributed by atoms with Crippen molar-refractivity contribution in [3.8, 4) is 10.4 Å². The molecule has 154 valence electrons. The molecule has 2 aromatic rings. The van der Waals surface area contributed by atoms with Gasteiger partial charge in [0.25, 0.3) is 0 Å². The molecule has 1 aliphatic heterocycles. The van der Waals surface area contributed by atoms with E-state index in [1.807, 2.05) is 31.2 Å². The summed E-state index contributed by atoms with van der Waals surface area (Å²) < 4.78 is 11.0. The van der Waals surface area contributed by atoms with Crippen LogP contribution in [0.25, 0.3) is 16.0 Å². The Labute approximate surface area is 180 Å². The number of aliphatic hydroxyl groups is 1. The maximum absolute atomic E-state index is 13.4. The summed E-state index contributed by atoms with van der Waals surface area (Å²) in [4.78, 5) is 15.5. The minimum atomic E-state index is -0.663. The van der Waals surface area contributed by atoms with Gasteiger partial charge in [0.15, 0.2) is 5.78 Å². The number of thiophene rings is 1. The Kier molecular flexibility index (Phi) is 6.11. The van der Waals surface area contributed by atoms with Crippen molar-refractivity contribution in [3.63, 3.8) is 0 Å².